The first-order chi connectivity index (χ1) is 5.79. The largest absolute Gasteiger partial charge is 0.285 e. The minimum atomic E-state index is 1.02. The van der Waals surface area contributed by atoms with Crippen molar-refractivity contribution in [2.75, 3.05) is 0 Å². The molecule has 2 nitrogen and oxygen atoms in total. The molecule has 0 amide bonds. The van der Waals surface area contributed by atoms with Crippen LogP contribution < -0.4 is 4.73 Å². The summed E-state index contributed by atoms with van der Waals surface area (Å²) in [6.07, 6.45) is 3.19. The third kappa shape index (κ3) is 7.06. The highest BCUT2D eigenvalue weighted by Gasteiger charge is 1.89. The minimum absolute atomic E-state index is 1.02. The fraction of sp³-hybridized carbons (Fsp3) is 0.500. The van der Waals surface area contributed by atoms with Gasteiger partial charge in [0.2, 0.25) is 12.4 Å². The van der Waals surface area contributed by atoms with Gasteiger partial charge in [0.1, 0.15) is 0 Å². The Morgan fingerprint density at radius 2 is 1.33 bits per heavy atom. The molecule has 1 heterocycles. The van der Waals surface area contributed by atoms with Crippen molar-refractivity contribution in [2.24, 2.45) is 0 Å². The maximum Gasteiger partial charge on any atom is 0.222 e. The summed E-state index contributed by atoms with van der Waals surface area (Å²) in [5.74, 6) is 0. The molecule has 0 fully saturated rings. The van der Waals surface area contributed by atoms with E-state index in [4.69, 9.17) is 5.21 Å². The Morgan fingerprint density at radius 1 is 1.00 bits per heavy atom. The molecule has 1 aromatic rings. The minimum Gasteiger partial charge on any atom is -0.285 e. The Bertz CT molecular complexity index is 149. The van der Waals surface area contributed by atoms with E-state index in [-0.39, 0.29) is 0 Å². The topological polar surface area (TPSA) is 24.1 Å². The first kappa shape index (κ1) is 13.5. The normalized spacial score (nSPS) is 7.08. The van der Waals surface area contributed by atoms with Gasteiger partial charge in [-0.3, -0.25) is 5.21 Å². The van der Waals surface area contributed by atoms with Gasteiger partial charge in [-0.25, -0.2) is 0 Å². The highest BCUT2D eigenvalue weighted by Crippen LogP contribution is 1.87. The van der Waals surface area contributed by atoms with E-state index in [2.05, 4.69) is 0 Å². The van der Waals surface area contributed by atoms with Crippen molar-refractivity contribution in [3.05, 3.63) is 30.1 Å². The zero-order valence-corrected chi connectivity index (χ0v) is 8.70. The van der Waals surface area contributed by atoms with Gasteiger partial charge in [0.25, 0.3) is 0 Å². The van der Waals surface area contributed by atoms with Crippen LogP contribution in [0.25, 0.3) is 0 Å². The van der Waals surface area contributed by atoms with E-state index >= 15 is 0 Å². The quantitative estimate of drug-likeness (QED) is 0.469. The second-order valence-electron chi connectivity index (χ2n) is 1.76. The van der Waals surface area contributed by atoms with Gasteiger partial charge < -0.3 is 0 Å². The molecule has 2 heteroatoms. The molecule has 0 saturated heterocycles. The summed E-state index contributed by atoms with van der Waals surface area (Å²) in [6, 6.07) is 3.67. The summed E-state index contributed by atoms with van der Waals surface area (Å²) >= 11 is 0. The fourth-order valence-corrected chi connectivity index (χ4v) is 0.493. The lowest BCUT2D eigenvalue weighted by atomic mass is 10.3. The first-order valence-electron chi connectivity index (χ1n) is 4.46. The molecule has 0 atom stereocenters. The molecule has 1 rings (SSSR count). The highest BCUT2D eigenvalue weighted by atomic mass is 16.5. The van der Waals surface area contributed by atoms with Crippen LogP contribution in [0.1, 0.15) is 33.3 Å². The molecule has 0 aromatic carbocycles. The highest BCUT2D eigenvalue weighted by molar-refractivity contribution is 5.02. The molecular weight excluding hydrogens is 150 g/mol. The molecule has 70 valence electrons. The van der Waals surface area contributed by atoms with Crippen LogP contribution in [0.4, 0.5) is 0 Å². The maximum absolute atomic E-state index is 8.67. The molecule has 0 bridgehead atoms. The van der Waals surface area contributed by atoms with E-state index in [0.717, 1.165) is 10.3 Å². The Labute approximate surface area is 75.4 Å². The smallest absolute Gasteiger partial charge is 0.222 e. The summed E-state index contributed by atoms with van der Waals surface area (Å²) in [6.45, 7) is 9.97. The number of hydrogen-bond donors (Lipinski definition) is 1. The summed E-state index contributed by atoms with van der Waals surface area (Å²) in [5, 5.41) is 8.67. The lowest BCUT2D eigenvalue weighted by Crippen LogP contribution is -2.27. The van der Waals surface area contributed by atoms with Gasteiger partial charge in [-0.1, -0.05) is 27.7 Å². The van der Waals surface area contributed by atoms with Crippen molar-refractivity contribution < 1.29 is 9.94 Å². The van der Waals surface area contributed by atoms with Crippen LogP contribution in [0.2, 0.25) is 0 Å². The second kappa shape index (κ2) is 9.95. The van der Waals surface area contributed by atoms with Crippen LogP contribution in [0.3, 0.4) is 0 Å². The molecular formula is C10H20NO+. The Morgan fingerprint density at radius 3 is 1.58 bits per heavy atom. The standard InChI is InChI=1S/C6H8NO.2C2H6/c1-6-2-4-7(8)5-3-6;2*1-2/h2-5,8H,1H3;2*1-2H3/q+1;;. The van der Waals surface area contributed by atoms with Gasteiger partial charge in [-0.2, -0.15) is 0 Å². The fourth-order valence-electron chi connectivity index (χ4n) is 0.493. The lowest BCUT2D eigenvalue weighted by molar-refractivity contribution is -0.904. The average molecular weight is 170 g/mol. The van der Waals surface area contributed by atoms with E-state index in [0.29, 0.717) is 0 Å². The summed E-state index contributed by atoms with van der Waals surface area (Å²) in [4.78, 5) is 0. The molecule has 0 radical (unpaired) electrons. The van der Waals surface area contributed by atoms with E-state index in [1.807, 2.05) is 46.8 Å². The Hall–Kier alpha value is -1.05. The number of nitrogens with zero attached hydrogens (tertiary/aromatic N) is 1. The summed E-state index contributed by atoms with van der Waals surface area (Å²) in [5.41, 5.74) is 1.15. The van der Waals surface area contributed by atoms with Gasteiger partial charge in [0, 0.05) is 16.9 Å². The first-order valence-corrected chi connectivity index (χ1v) is 4.46. The lowest BCUT2D eigenvalue weighted by Gasteiger charge is -1.82. The maximum atomic E-state index is 8.67. The molecule has 1 aromatic heterocycles. The molecule has 0 saturated carbocycles. The summed E-state index contributed by atoms with van der Waals surface area (Å²) in [7, 11) is 0. The molecule has 1 N–H and O–H groups in total. The van der Waals surface area contributed by atoms with Crippen molar-refractivity contribution in [2.45, 2.75) is 34.6 Å². The number of aromatic nitrogens is 1. The van der Waals surface area contributed by atoms with Crippen LogP contribution in [-0.4, -0.2) is 5.21 Å². The number of rotatable bonds is 0. The van der Waals surface area contributed by atoms with Crippen LogP contribution in [-0.2, 0) is 0 Å². The summed E-state index contributed by atoms with van der Waals surface area (Å²) < 4.78 is 1.02. The third-order valence-corrected chi connectivity index (χ3v) is 0.980. The van der Waals surface area contributed by atoms with Crippen LogP contribution in [0, 0.1) is 6.92 Å². The molecule has 0 aliphatic rings. The van der Waals surface area contributed by atoms with Crippen molar-refractivity contribution in [1.82, 2.24) is 0 Å². The van der Waals surface area contributed by atoms with E-state index < -0.39 is 0 Å². The van der Waals surface area contributed by atoms with Crippen LogP contribution in [0.15, 0.2) is 24.5 Å². The second-order valence-corrected chi connectivity index (χ2v) is 1.76. The monoisotopic (exact) mass is 170 g/mol. The Balaban J connectivity index is 0. The zero-order chi connectivity index (χ0) is 9.98. The predicted octanol–water partition coefficient (Wildman–Crippen LogP) is 2.57. The van der Waals surface area contributed by atoms with Crippen molar-refractivity contribution in [3.63, 3.8) is 0 Å². The van der Waals surface area contributed by atoms with E-state index in [9.17, 15) is 0 Å². The number of aryl methyl sites for hydroxylation is 1. The molecule has 0 aliphatic heterocycles. The predicted molar refractivity (Wildman–Crippen MR) is 51.3 cm³/mol. The molecule has 12 heavy (non-hydrogen) atoms. The Kier molecular flexibility index (Phi) is 11.2. The zero-order valence-electron chi connectivity index (χ0n) is 8.70. The van der Waals surface area contributed by atoms with Gasteiger partial charge in [0.15, 0.2) is 0 Å². The van der Waals surface area contributed by atoms with Crippen LogP contribution in [0.5, 0.6) is 0 Å². The van der Waals surface area contributed by atoms with Crippen molar-refractivity contribution in [1.29, 1.82) is 0 Å². The van der Waals surface area contributed by atoms with E-state index in [1.54, 1.807) is 12.4 Å². The van der Waals surface area contributed by atoms with Crippen LogP contribution >= 0.6 is 0 Å². The van der Waals surface area contributed by atoms with Gasteiger partial charge >= 0.3 is 0 Å². The molecule has 0 spiro atoms. The van der Waals surface area contributed by atoms with Crippen molar-refractivity contribution in [3.8, 4) is 0 Å². The third-order valence-electron chi connectivity index (χ3n) is 0.980. The van der Waals surface area contributed by atoms with Gasteiger partial charge in [0.05, 0.1) is 0 Å². The van der Waals surface area contributed by atoms with Gasteiger partial charge in [-0.05, 0) is 12.5 Å². The average Bonchev–Trinajstić information content (AvgIpc) is 2.17. The number of pyridine rings is 1. The molecule has 0 aliphatic carbocycles. The number of hydrogen-bond acceptors (Lipinski definition) is 1. The SMILES string of the molecule is CC.CC.Cc1cc[n+](O)cc1. The van der Waals surface area contributed by atoms with E-state index in [1.165, 1.54) is 0 Å². The van der Waals surface area contributed by atoms with Gasteiger partial charge in [-0.15, -0.1) is 0 Å². The van der Waals surface area contributed by atoms with Crippen molar-refractivity contribution >= 4 is 0 Å². The molecule has 0 unspecified atom stereocenters.